The molecule has 2 aromatic carbocycles. The van der Waals surface area contributed by atoms with E-state index in [1.54, 1.807) is 29.1 Å². The van der Waals surface area contributed by atoms with Crippen LogP contribution in [0.15, 0.2) is 53.7 Å². The molecule has 1 aliphatic rings. The second-order valence-corrected chi connectivity index (χ2v) is 8.98. The van der Waals surface area contributed by atoms with Crippen molar-refractivity contribution in [3.05, 3.63) is 71.2 Å². The van der Waals surface area contributed by atoms with Crippen LogP contribution in [0.2, 0.25) is 0 Å². The van der Waals surface area contributed by atoms with Crippen LogP contribution in [-0.4, -0.2) is 44.5 Å². The highest BCUT2D eigenvalue weighted by Crippen LogP contribution is 2.30. The number of piperazine rings is 1. The molecule has 1 saturated heterocycles. The van der Waals surface area contributed by atoms with Crippen molar-refractivity contribution in [3.8, 4) is 0 Å². The Morgan fingerprint density at radius 1 is 1.29 bits per heavy atom. The van der Waals surface area contributed by atoms with Gasteiger partial charge < -0.3 is 20.6 Å². The number of halogens is 1. The van der Waals surface area contributed by atoms with Crippen molar-refractivity contribution in [2.45, 2.75) is 18.0 Å². The number of benzene rings is 2. The molecule has 2 atom stereocenters. The summed E-state index contributed by atoms with van der Waals surface area (Å²) in [6.07, 6.45) is 3.10. The summed E-state index contributed by atoms with van der Waals surface area (Å²) in [5, 5.41) is 19.5. The molecule has 31 heavy (non-hydrogen) atoms. The number of aryl methyl sites for hydroxylation is 2. The molecule has 0 radical (unpaired) electrons. The van der Waals surface area contributed by atoms with E-state index in [4.69, 9.17) is 5.41 Å². The van der Waals surface area contributed by atoms with E-state index in [9.17, 15) is 8.94 Å². The van der Waals surface area contributed by atoms with Gasteiger partial charge in [0.05, 0.1) is 13.1 Å². The first-order valence-corrected chi connectivity index (χ1v) is 11.1. The minimum Gasteiger partial charge on any atom is -0.591 e. The summed E-state index contributed by atoms with van der Waals surface area (Å²) in [6, 6.07) is 11.9. The first kappa shape index (κ1) is 21.5. The van der Waals surface area contributed by atoms with Gasteiger partial charge in [0.25, 0.3) is 5.03 Å². The van der Waals surface area contributed by atoms with E-state index in [0.717, 1.165) is 28.1 Å². The summed E-state index contributed by atoms with van der Waals surface area (Å²) in [5.41, 5.74) is 4.38. The Kier molecular flexibility index (Phi) is 6.38. The van der Waals surface area contributed by atoms with Crippen LogP contribution in [0.4, 0.5) is 15.8 Å². The molecule has 1 aromatic heterocycles. The summed E-state index contributed by atoms with van der Waals surface area (Å²) in [6.45, 7) is 3.97. The molecule has 2 heterocycles. The number of hydrogen-bond donors (Lipinski definition) is 3. The van der Waals surface area contributed by atoms with Gasteiger partial charge in [-0.1, -0.05) is 0 Å². The van der Waals surface area contributed by atoms with E-state index >= 15 is 0 Å². The van der Waals surface area contributed by atoms with Crippen molar-refractivity contribution >= 4 is 29.0 Å². The Labute approximate surface area is 184 Å². The molecule has 2 unspecified atom stereocenters. The van der Waals surface area contributed by atoms with Crippen LogP contribution in [0.25, 0.3) is 0 Å². The van der Waals surface area contributed by atoms with Crippen molar-refractivity contribution in [1.82, 2.24) is 19.4 Å². The minimum absolute atomic E-state index is 0.0139. The number of hydrogen-bond acceptors (Lipinski definition) is 6. The molecular formula is C22H25FN6OS. The maximum atomic E-state index is 13.2. The monoisotopic (exact) mass is 440 g/mol. The Morgan fingerprint density at radius 3 is 2.74 bits per heavy atom. The zero-order valence-corrected chi connectivity index (χ0v) is 18.2. The zero-order chi connectivity index (χ0) is 22.0. The summed E-state index contributed by atoms with van der Waals surface area (Å²) in [7, 11) is 1.81. The predicted molar refractivity (Wildman–Crippen MR) is 121 cm³/mol. The summed E-state index contributed by atoms with van der Waals surface area (Å²) in [5.74, 6) is -0.291. The molecule has 4 rings (SSSR count). The lowest BCUT2D eigenvalue weighted by Crippen LogP contribution is -2.48. The van der Waals surface area contributed by atoms with Gasteiger partial charge in [-0.15, -0.1) is 9.40 Å². The molecule has 0 saturated carbocycles. The van der Waals surface area contributed by atoms with Gasteiger partial charge in [-0.2, -0.15) is 0 Å². The maximum Gasteiger partial charge on any atom is 0.284 e. The van der Waals surface area contributed by atoms with Gasteiger partial charge in [-0.05, 0) is 54.4 Å². The number of rotatable bonds is 6. The number of nitrogens with one attached hydrogen (secondary N) is 3. The van der Waals surface area contributed by atoms with Crippen LogP contribution in [0, 0.1) is 18.2 Å². The van der Waals surface area contributed by atoms with Gasteiger partial charge in [0.15, 0.2) is 0 Å². The SMILES string of the molecule is Cc1cc(Nc2ccc(F)cc2)c(C=N)cc1C1CN([S+]([O-])c2ccn(C)n2)CCN1. The van der Waals surface area contributed by atoms with E-state index in [1.165, 1.54) is 18.3 Å². The van der Waals surface area contributed by atoms with Crippen LogP contribution in [0.3, 0.4) is 0 Å². The standard InChI is InChI=1S/C22H25FN6OS/c1-15-11-20(26-18-5-3-17(23)4-6-18)16(13-24)12-19(15)21-14-29(10-8-25-21)31(30)22-7-9-28(2)27-22/h3-7,9,11-13,21,24-26H,8,10,14H2,1-2H3. The highest BCUT2D eigenvalue weighted by atomic mass is 32.2. The molecule has 7 nitrogen and oxygen atoms in total. The van der Waals surface area contributed by atoms with Gasteiger partial charge in [0.1, 0.15) is 17.2 Å². The van der Waals surface area contributed by atoms with Crippen molar-refractivity contribution in [3.63, 3.8) is 0 Å². The molecular weight excluding hydrogens is 415 g/mol. The average molecular weight is 441 g/mol. The molecule has 0 aliphatic carbocycles. The fraction of sp³-hybridized carbons (Fsp3) is 0.273. The van der Waals surface area contributed by atoms with Gasteiger partial charge in [-0.25, -0.2) is 4.39 Å². The Hall–Kier alpha value is -2.72. The molecule has 0 bridgehead atoms. The van der Waals surface area contributed by atoms with Gasteiger partial charge in [0.2, 0.25) is 0 Å². The first-order chi connectivity index (χ1) is 14.9. The topological polar surface area (TPSA) is 92.0 Å². The normalized spacial score (nSPS) is 18.0. The second kappa shape index (κ2) is 9.19. The highest BCUT2D eigenvalue weighted by molar-refractivity contribution is 7.89. The molecule has 3 N–H and O–H groups in total. The van der Waals surface area contributed by atoms with Crippen LogP contribution in [-0.2, 0) is 18.4 Å². The zero-order valence-electron chi connectivity index (χ0n) is 17.4. The fourth-order valence-corrected chi connectivity index (χ4v) is 4.92. The van der Waals surface area contributed by atoms with E-state index in [2.05, 4.69) is 15.7 Å². The van der Waals surface area contributed by atoms with Crippen LogP contribution >= 0.6 is 0 Å². The van der Waals surface area contributed by atoms with Gasteiger partial charge in [0, 0.05) is 55.1 Å². The lowest BCUT2D eigenvalue weighted by atomic mass is 9.96. The van der Waals surface area contributed by atoms with E-state index < -0.39 is 11.4 Å². The molecule has 1 aliphatic heterocycles. The third kappa shape index (κ3) is 4.80. The van der Waals surface area contributed by atoms with Crippen LogP contribution < -0.4 is 10.6 Å². The summed E-state index contributed by atoms with van der Waals surface area (Å²) in [4.78, 5) is 0. The Bertz CT molecular complexity index is 1070. The van der Waals surface area contributed by atoms with E-state index in [1.807, 2.05) is 30.4 Å². The number of anilines is 2. The number of aromatic nitrogens is 2. The molecule has 9 heteroatoms. The number of nitrogens with zero attached hydrogens (tertiary/aromatic N) is 3. The van der Waals surface area contributed by atoms with Crippen molar-refractivity contribution in [2.75, 3.05) is 25.0 Å². The maximum absolute atomic E-state index is 13.2. The molecule has 0 spiro atoms. The third-order valence-electron chi connectivity index (χ3n) is 5.33. The predicted octanol–water partition coefficient (Wildman–Crippen LogP) is 3.28. The molecule has 162 valence electrons. The van der Waals surface area contributed by atoms with Crippen molar-refractivity contribution < 1.29 is 8.94 Å². The molecule has 0 amide bonds. The lowest BCUT2D eigenvalue weighted by molar-refractivity contribution is 0.300. The van der Waals surface area contributed by atoms with E-state index in [0.29, 0.717) is 24.7 Å². The molecule has 3 aromatic rings. The third-order valence-corrected chi connectivity index (χ3v) is 6.71. The first-order valence-electron chi connectivity index (χ1n) is 10.0. The highest BCUT2D eigenvalue weighted by Gasteiger charge is 2.32. The lowest BCUT2D eigenvalue weighted by Gasteiger charge is -2.33. The van der Waals surface area contributed by atoms with Gasteiger partial charge >= 0.3 is 0 Å². The Balaban J connectivity index is 1.55. The largest absolute Gasteiger partial charge is 0.591 e. The smallest absolute Gasteiger partial charge is 0.284 e. The Morgan fingerprint density at radius 2 is 2.06 bits per heavy atom. The molecule has 1 fully saturated rings. The van der Waals surface area contributed by atoms with Crippen molar-refractivity contribution in [2.24, 2.45) is 7.05 Å². The second-order valence-electron chi connectivity index (χ2n) is 7.54. The summed E-state index contributed by atoms with van der Waals surface area (Å²) >= 11 is -1.32. The van der Waals surface area contributed by atoms with Crippen molar-refractivity contribution in [1.29, 1.82) is 5.41 Å². The van der Waals surface area contributed by atoms with Crippen LogP contribution in [0.5, 0.6) is 0 Å². The van der Waals surface area contributed by atoms with Crippen LogP contribution in [0.1, 0.15) is 22.7 Å². The van der Waals surface area contributed by atoms with E-state index in [-0.39, 0.29) is 11.9 Å². The van der Waals surface area contributed by atoms with Gasteiger partial charge in [-0.3, -0.25) is 4.68 Å². The summed E-state index contributed by atoms with van der Waals surface area (Å²) < 4.78 is 29.7. The average Bonchev–Trinajstić information content (AvgIpc) is 3.21. The minimum atomic E-state index is -1.32. The fourth-order valence-electron chi connectivity index (χ4n) is 3.74. The quantitative estimate of drug-likeness (QED) is 0.404.